The Morgan fingerprint density at radius 3 is 0.880 bits per heavy atom. The van der Waals surface area contributed by atoms with E-state index >= 15 is 0 Å². The van der Waals surface area contributed by atoms with Crippen LogP contribution >= 0.6 is 15.6 Å². The highest BCUT2D eigenvalue weighted by atomic mass is 31.2. The highest BCUT2D eigenvalue weighted by Crippen LogP contribution is 2.45. The van der Waals surface area contributed by atoms with Crippen molar-refractivity contribution >= 4 is 39.5 Å². The molecule has 0 aromatic rings. The molecule has 0 saturated carbocycles. The standard InChI is InChI=1S/C81H142O17P2/c1-5-9-13-17-21-25-29-33-35-36-37-38-40-44-48-52-56-60-64-68-81(86)98-77(72-92-79(84)66-62-58-54-50-46-43-39-34-30-26-22-18-14-10-6-2)74-96-100(89,90)94-70-75(82)69-93-99(87,88)95-73-76(97-80(85)67-63-59-55-51-47-42-32-28-24-20-16-12-8-4)71-91-78(83)65-61-57-53-49-45-41-31-27-23-19-15-11-7-3/h9,13,21-22,25-26,33-35,37-39,44,48,56,60,75-77,82H,5-8,10-12,14-20,23-24,27-32,36,40-43,45-47,49-55,57-59,61-74H2,1-4H3,(H,87,88)(H,89,90)/b13-9-,25-21-,26-22-,35-33-,38-37-,39-34-,48-44-,60-56-/t75-,76+,77+/m0/s1. The van der Waals surface area contributed by atoms with E-state index in [1.807, 2.05) is 18.2 Å². The zero-order valence-electron chi connectivity index (χ0n) is 63.1. The fourth-order valence-electron chi connectivity index (χ4n) is 10.6. The van der Waals surface area contributed by atoms with E-state index in [0.717, 1.165) is 122 Å². The molecule has 2 unspecified atom stereocenters. The van der Waals surface area contributed by atoms with Crippen LogP contribution in [0.3, 0.4) is 0 Å². The van der Waals surface area contributed by atoms with Gasteiger partial charge in [0.1, 0.15) is 19.3 Å². The van der Waals surface area contributed by atoms with Gasteiger partial charge in [0.2, 0.25) is 0 Å². The smallest absolute Gasteiger partial charge is 0.462 e. The molecule has 0 aliphatic carbocycles. The summed E-state index contributed by atoms with van der Waals surface area (Å²) in [5.74, 6) is -2.27. The van der Waals surface area contributed by atoms with Gasteiger partial charge in [0, 0.05) is 25.7 Å². The predicted octanol–water partition coefficient (Wildman–Crippen LogP) is 22.8. The fourth-order valence-corrected chi connectivity index (χ4v) is 12.2. The number of phosphoric ester groups is 2. The molecule has 17 nitrogen and oxygen atoms in total. The van der Waals surface area contributed by atoms with E-state index in [-0.39, 0.29) is 25.7 Å². The Morgan fingerprint density at radius 1 is 0.290 bits per heavy atom. The zero-order valence-corrected chi connectivity index (χ0v) is 64.9. The van der Waals surface area contributed by atoms with Gasteiger partial charge in [0.25, 0.3) is 0 Å². The number of aliphatic hydroxyl groups excluding tert-OH is 1. The molecule has 0 heterocycles. The summed E-state index contributed by atoms with van der Waals surface area (Å²) in [6.45, 7) is 4.67. The van der Waals surface area contributed by atoms with Crippen LogP contribution in [0.25, 0.3) is 0 Å². The molecule has 3 N–H and O–H groups in total. The minimum Gasteiger partial charge on any atom is -0.462 e. The van der Waals surface area contributed by atoms with Gasteiger partial charge < -0.3 is 33.8 Å². The number of carbonyl (C=O) groups excluding carboxylic acids is 4. The van der Waals surface area contributed by atoms with E-state index in [1.165, 1.54) is 128 Å². The van der Waals surface area contributed by atoms with Crippen LogP contribution in [0.2, 0.25) is 0 Å². The van der Waals surface area contributed by atoms with Crippen molar-refractivity contribution in [1.82, 2.24) is 0 Å². The molecule has 0 radical (unpaired) electrons. The monoisotopic (exact) mass is 1450 g/mol. The largest absolute Gasteiger partial charge is 0.472 e. The number of esters is 4. The second-order valence-corrected chi connectivity index (χ2v) is 29.2. The summed E-state index contributed by atoms with van der Waals surface area (Å²) in [7, 11) is -9.97. The van der Waals surface area contributed by atoms with Crippen LogP contribution in [0.1, 0.15) is 336 Å². The van der Waals surface area contributed by atoms with Crippen molar-refractivity contribution in [2.75, 3.05) is 39.6 Å². The lowest BCUT2D eigenvalue weighted by Crippen LogP contribution is -2.30. The first-order valence-electron chi connectivity index (χ1n) is 39.5. The number of hydrogen-bond acceptors (Lipinski definition) is 15. The Morgan fingerprint density at radius 2 is 0.540 bits per heavy atom. The van der Waals surface area contributed by atoms with Crippen molar-refractivity contribution in [3.8, 4) is 0 Å². The van der Waals surface area contributed by atoms with E-state index in [2.05, 4.69) is 107 Å². The molecule has 0 spiro atoms. The Hall–Kier alpha value is -4.02. The number of unbranched alkanes of at least 4 members (excludes halogenated alkanes) is 32. The Balaban J connectivity index is 5.41. The first-order valence-corrected chi connectivity index (χ1v) is 42.5. The summed E-state index contributed by atoms with van der Waals surface area (Å²) >= 11 is 0. The number of carbonyl (C=O) groups is 4. The number of allylic oxidation sites excluding steroid dienone is 16. The molecule has 0 aromatic carbocycles. The van der Waals surface area contributed by atoms with Gasteiger partial charge in [-0.3, -0.25) is 37.3 Å². The molecular formula is C81H142O17P2. The average Bonchev–Trinajstić information content (AvgIpc) is 0.934. The maximum absolute atomic E-state index is 13.1. The zero-order chi connectivity index (χ0) is 73.2. The summed E-state index contributed by atoms with van der Waals surface area (Å²) < 4.78 is 68.5. The lowest BCUT2D eigenvalue weighted by molar-refractivity contribution is -0.161. The van der Waals surface area contributed by atoms with E-state index in [0.29, 0.717) is 32.1 Å². The van der Waals surface area contributed by atoms with Crippen LogP contribution in [0.5, 0.6) is 0 Å². The molecule has 0 aromatic heterocycles. The molecule has 0 rings (SSSR count). The fraction of sp³-hybridized carbons (Fsp3) is 0.753. The number of aliphatic hydroxyl groups is 1. The van der Waals surface area contributed by atoms with Gasteiger partial charge >= 0.3 is 39.5 Å². The van der Waals surface area contributed by atoms with Crippen LogP contribution in [0.15, 0.2) is 97.2 Å². The van der Waals surface area contributed by atoms with Crippen LogP contribution in [-0.2, 0) is 65.4 Å². The van der Waals surface area contributed by atoms with Crippen molar-refractivity contribution in [1.29, 1.82) is 0 Å². The second-order valence-electron chi connectivity index (χ2n) is 26.3. The van der Waals surface area contributed by atoms with Gasteiger partial charge in [0.15, 0.2) is 12.2 Å². The molecule has 19 heteroatoms. The molecule has 0 saturated heterocycles. The van der Waals surface area contributed by atoms with E-state index in [1.54, 1.807) is 0 Å². The molecule has 0 bridgehead atoms. The van der Waals surface area contributed by atoms with Crippen LogP contribution in [0.4, 0.5) is 0 Å². The molecule has 100 heavy (non-hydrogen) atoms. The van der Waals surface area contributed by atoms with Gasteiger partial charge in [0.05, 0.1) is 26.4 Å². The van der Waals surface area contributed by atoms with Crippen LogP contribution in [-0.4, -0.2) is 96.7 Å². The van der Waals surface area contributed by atoms with Crippen molar-refractivity contribution in [2.24, 2.45) is 0 Å². The third kappa shape index (κ3) is 72.3. The number of phosphoric acid groups is 2. The summed E-state index contributed by atoms with van der Waals surface area (Å²) in [5.41, 5.74) is 0. The first-order chi connectivity index (χ1) is 48.7. The molecular weight excluding hydrogens is 1310 g/mol. The summed E-state index contributed by atoms with van der Waals surface area (Å²) in [6, 6.07) is 0. The van der Waals surface area contributed by atoms with Crippen molar-refractivity contribution in [3.05, 3.63) is 97.2 Å². The maximum atomic E-state index is 13.1. The Labute approximate surface area is 607 Å². The topological polar surface area (TPSA) is 237 Å². The maximum Gasteiger partial charge on any atom is 0.472 e. The second kappa shape index (κ2) is 73.3. The molecule has 0 amide bonds. The van der Waals surface area contributed by atoms with E-state index in [9.17, 15) is 43.2 Å². The minimum absolute atomic E-state index is 0.0329. The Bertz CT molecular complexity index is 2270. The predicted molar refractivity (Wildman–Crippen MR) is 409 cm³/mol. The van der Waals surface area contributed by atoms with Gasteiger partial charge in [-0.15, -0.1) is 0 Å². The average molecular weight is 1450 g/mol. The molecule has 0 aliphatic rings. The highest BCUT2D eigenvalue weighted by Gasteiger charge is 2.30. The van der Waals surface area contributed by atoms with Crippen LogP contribution < -0.4 is 0 Å². The van der Waals surface area contributed by atoms with Crippen molar-refractivity contribution in [2.45, 2.75) is 354 Å². The summed E-state index contributed by atoms with van der Waals surface area (Å²) in [5, 5.41) is 10.6. The van der Waals surface area contributed by atoms with Gasteiger partial charge in [-0.05, 0) is 96.3 Å². The normalized spacial score (nSPS) is 14.4. The van der Waals surface area contributed by atoms with Gasteiger partial charge in [-0.25, -0.2) is 9.13 Å². The third-order valence-corrected chi connectivity index (χ3v) is 18.5. The van der Waals surface area contributed by atoms with E-state index < -0.39 is 97.5 Å². The van der Waals surface area contributed by atoms with Gasteiger partial charge in [-0.2, -0.15) is 0 Å². The number of hydrogen-bond donors (Lipinski definition) is 3. The minimum atomic E-state index is -5.00. The van der Waals surface area contributed by atoms with E-state index in [4.69, 9.17) is 37.0 Å². The highest BCUT2D eigenvalue weighted by molar-refractivity contribution is 7.47. The molecule has 0 fully saturated rings. The first kappa shape index (κ1) is 96.0. The molecule has 5 atom stereocenters. The van der Waals surface area contributed by atoms with Crippen LogP contribution in [0, 0.1) is 0 Å². The number of rotatable bonds is 74. The van der Waals surface area contributed by atoms with Gasteiger partial charge in [-0.1, -0.05) is 311 Å². The lowest BCUT2D eigenvalue weighted by Gasteiger charge is -2.21. The Kier molecular flexibility index (Phi) is 70.4. The number of ether oxygens (including phenoxy) is 4. The summed E-state index contributed by atoms with van der Waals surface area (Å²) in [4.78, 5) is 72.9. The van der Waals surface area contributed by atoms with Crippen molar-refractivity contribution in [3.63, 3.8) is 0 Å². The lowest BCUT2D eigenvalue weighted by atomic mass is 10.0. The molecule has 0 aliphatic heterocycles. The quantitative estimate of drug-likeness (QED) is 0.0169. The molecule has 578 valence electrons. The summed E-state index contributed by atoms with van der Waals surface area (Å²) in [6.07, 6.45) is 76.9. The third-order valence-electron chi connectivity index (χ3n) is 16.6. The van der Waals surface area contributed by atoms with Crippen molar-refractivity contribution < 1.29 is 80.2 Å². The SMILES string of the molecule is CC/C=C\C/C=C\C/C=C\C/C=C\C/C=C\C/C=C\CCC(=O)O[C@H](COC(=O)CCCCCCC/C=C\C/C=C\CCCCC)COP(=O)(O)OC[C@@H](O)COP(=O)(O)OC[C@@H](COC(=O)CCCCCCCCCCCCCCC)OC(=O)CCCCCCCCCCCCCCC.